The van der Waals surface area contributed by atoms with Gasteiger partial charge < -0.3 is 5.32 Å². The molecule has 0 amide bonds. The van der Waals surface area contributed by atoms with E-state index in [4.69, 9.17) is 5.26 Å². The number of nitrogens with zero attached hydrogens (tertiary/aromatic N) is 1. The Labute approximate surface area is 84.9 Å². The van der Waals surface area contributed by atoms with E-state index >= 15 is 0 Å². The van der Waals surface area contributed by atoms with Crippen molar-refractivity contribution < 1.29 is 0 Å². The van der Waals surface area contributed by atoms with Gasteiger partial charge in [-0.15, -0.1) is 0 Å². The zero-order valence-corrected chi connectivity index (χ0v) is 8.33. The van der Waals surface area contributed by atoms with Gasteiger partial charge in [0.1, 0.15) is 6.07 Å². The van der Waals surface area contributed by atoms with Crippen molar-refractivity contribution >= 4 is 5.69 Å². The number of allylic oxidation sites excluding steroid dienone is 1. The Hall–Kier alpha value is -1.75. The van der Waals surface area contributed by atoms with Gasteiger partial charge in [0.25, 0.3) is 0 Å². The Morgan fingerprint density at radius 2 is 2.21 bits per heavy atom. The van der Waals surface area contributed by atoms with Gasteiger partial charge in [-0.05, 0) is 25.5 Å². The molecule has 2 nitrogen and oxygen atoms in total. The highest BCUT2D eigenvalue weighted by atomic mass is 14.9. The maximum absolute atomic E-state index is 8.82. The van der Waals surface area contributed by atoms with Crippen LogP contribution in [0.4, 0.5) is 5.69 Å². The first-order valence-electron chi connectivity index (χ1n) is 4.72. The summed E-state index contributed by atoms with van der Waals surface area (Å²) in [4.78, 5) is 0. The minimum atomic E-state index is 0.702. The third-order valence-electron chi connectivity index (χ3n) is 1.91. The molecule has 1 rings (SSSR count). The van der Waals surface area contributed by atoms with Gasteiger partial charge in [0, 0.05) is 6.54 Å². The van der Waals surface area contributed by atoms with Gasteiger partial charge in [0.15, 0.2) is 0 Å². The first-order chi connectivity index (χ1) is 6.88. The number of nitriles is 1. The predicted molar refractivity (Wildman–Crippen MR) is 59.1 cm³/mol. The summed E-state index contributed by atoms with van der Waals surface area (Å²) in [7, 11) is 0. The van der Waals surface area contributed by atoms with Crippen LogP contribution in [-0.4, -0.2) is 6.54 Å². The quantitative estimate of drug-likeness (QED) is 0.579. The fraction of sp³-hybridized carbons (Fsp3) is 0.250. The molecule has 0 aromatic heterocycles. The summed E-state index contributed by atoms with van der Waals surface area (Å²) in [6, 6.07) is 9.70. The summed E-state index contributed by atoms with van der Waals surface area (Å²) >= 11 is 0. The molecule has 1 aromatic carbocycles. The molecule has 0 fully saturated rings. The number of benzene rings is 1. The molecule has 0 saturated carbocycles. The second-order valence-corrected chi connectivity index (χ2v) is 2.94. The van der Waals surface area contributed by atoms with E-state index in [2.05, 4.69) is 17.5 Å². The molecule has 0 aliphatic carbocycles. The van der Waals surface area contributed by atoms with Crippen LogP contribution < -0.4 is 5.32 Å². The minimum absolute atomic E-state index is 0.702. The summed E-state index contributed by atoms with van der Waals surface area (Å²) < 4.78 is 0. The van der Waals surface area contributed by atoms with Gasteiger partial charge in [-0.25, -0.2) is 0 Å². The topological polar surface area (TPSA) is 35.8 Å². The number of para-hydroxylation sites is 1. The lowest BCUT2D eigenvalue weighted by atomic mass is 10.2. The smallest absolute Gasteiger partial charge is 0.101 e. The molecule has 0 bridgehead atoms. The first kappa shape index (κ1) is 10.3. The van der Waals surface area contributed by atoms with E-state index < -0.39 is 0 Å². The lowest BCUT2D eigenvalue weighted by molar-refractivity contribution is 1.06. The van der Waals surface area contributed by atoms with Crippen molar-refractivity contribution in [3.63, 3.8) is 0 Å². The highest BCUT2D eigenvalue weighted by Gasteiger charge is 1.97. The summed E-state index contributed by atoms with van der Waals surface area (Å²) in [5, 5.41) is 12.0. The highest BCUT2D eigenvalue weighted by molar-refractivity contribution is 5.57. The Balaban J connectivity index is 2.54. The molecule has 2 heteroatoms. The van der Waals surface area contributed by atoms with E-state index in [1.807, 2.05) is 37.3 Å². The lowest BCUT2D eigenvalue weighted by Crippen LogP contribution is -2.01. The molecule has 14 heavy (non-hydrogen) atoms. The van der Waals surface area contributed by atoms with E-state index in [-0.39, 0.29) is 0 Å². The largest absolute Gasteiger partial charge is 0.384 e. The second-order valence-electron chi connectivity index (χ2n) is 2.94. The van der Waals surface area contributed by atoms with E-state index in [0.717, 1.165) is 18.7 Å². The lowest BCUT2D eigenvalue weighted by Gasteiger charge is -2.05. The van der Waals surface area contributed by atoms with Gasteiger partial charge in [0.05, 0.1) is 11.3 Å². The van der Waals surface area contributed by atoms with Crippen molar-refractivity contribution in [2.75, 3.05) is 11.9 Å². The average molecular weight is 186 g/mol. The van der Waals surface area contributed by atoms with Crippen molar-refractivity contribution in [1.82, 2.24) is 0 Å². The van der Waals surface area contributed by atoms with Crippen LogP contribution in [0.15, 0.2) is 36.4 Å². The molecule has 0 radical (unpaired) electrons. The highest BCUT2D eigenvalue weighted by Crippen LogP contribution is 2.12. The van der Waals surface area contributed by atoms with Gasteiger partial charge in [-0.2, -0.15) is 5.26 Å². The van der Waals surface area contributed by atoms with Gasteiger partial charge in [-0.1, -0.05) is 24.3 Å². The number of anilines is 1. The van der Waals surface area contributed by atoms with Crippen molar-refractivity contribution in [3.05, 3.63) is 42.0 Å². The predicted octanol–water partition coefficient (Wildman–Crippen LogP) is 2.94. The van der Waals surface area contributed by atoms with Crippen LogP contribution in [0.2, 0.25) is 0 Å². The third kappa shape index (κ3) is 2.95. The van der Waals surface area contributed by atoms with Crippen LogP contribution in [-0.2, 0) is 0 Å². The first-order valence-corrected chi connectivity index (χ1v) is 4.72. The molecule has 0 atom stereocenters. The van der Waals surface area contributed by atoms with Gasteiger partial charge >= 0.3 is 0 Å². The number of nitrogens with one attached hydrogen (secondary N) is 1. The normalized spacial score (nSPS) is 10.0. The maximum atomic E-state index is 8.82. The molecule has 0 aliphatic heterocycles. The zero-order chi connectivity index (χ0) is 10.2. The monoisotopic (exact) mass is 186 g/mol. The number of hydrogen-bond acceptors (Lipinski definition) is 2. The number of rotatable bonds is 4. The van der Waals surface area contributed by atoms with Crippen LogP contribution in [0, 0.1) is 11.3 Å². The molecular formula is C12H14N2. The molecule has 1 aromatic rings. The molecule has 0 heterocycles. The van der Waals surface area contributed by atoms with Crippen LogP contribution in [0.3, 0.4) is 0 Å². The average Bonchev–Trinajstić information content (AvgIpc) is 2.25. The Kier molecular flexibility index (Phi) is 4.30. The molecule has 0 aliphatic rings. The van der Waals surface area contributed by atoms with E-state index in [9.17, 15) is 0 Å². The Morgan fingerprint density at radius 1 is 1.43 bits per heavy atom. The van der Waals surface area contributed by atoms with Crippen LogP contribution in [0.25, 0.3) is 0 Å². The van der Waals surface area contributed by atoms with E-state index in [1.165, 1.54) is 0 Å². The SMILES string of the molecule is C/C=C/CCNc1ccccc1C#N. The van der Waals surface area contributed by atoms with Crippen LogP contribution in [0.1, 0.15) is 18.9 Å². The maximum Gasteiger partial charge on any atom is 0.101 e. The third-order valence-corrected chi connectivity index (χ3v) is 1.91. The second kappa shape index (κ2) is 5.82. The van der Waals surface area contributed by atoms with Gasteiger partial charge in [-0.3, -0.25) is 0 Å². The summed E-state index contributed by atoms with van der Waals surface area (Å²) in [5.74, 6) is 0. The van der Waals surface area contributed by atoms with Crippen molar-refractivity contribution in [1.29, 1.82) is 5.26 Å². The van der Waals surface area contributed by atoms with Gasteiger partial charge in [0.2, 0.25) is 0 Å². The summed E-state index contributed by atoms with van der Waals surface area (Å²) in [6.07, 6.45) is 5.11. The van der Waals surface area contributed by atoms with Crippen LogP contribution in [0.5, 0.6) is 0 Å². The molecule has 72 valence electrons. The van der Waals surface area contributed by atoms with E-state index in [1.54, 1.807) is 0 Å². The summed E-state index contributed by atoms with van der Waals surface area (Å²) in [6.45, 7) is 2.87. The molecule has 0 unspecified atom stereocenters. The fourth-order valence-corrected chi connectivity index (χ4v) is 1.19. The van der Waals surface area contributed by atoms with E-state index in [0.29, 0.717) is 5.56 Å². The molecule has 0 spiro atoms. The zero-order valence-electron chi connectivity index (χ0n) is 8.33. The molecular weight excluding hydrogens is 172 g/mol. The van der Waals surface area contributed by atoms with Crippen molar-refractivity contribution in [2.24, 2.45) is 0 Å². The standard InChI is InChI=1S/C12H14N2/c1-2-3-6-9-14-12-8-5-4-7-11(12)10-13/h2-5,7-8,14H,6,9H2,1H3/b3-2+. The fourth-order valence-electron chi connectivity index (χ4n) is 1.19. The molecule has 0 saturated heterocycles. The Bertz CT molecular complexity index is 348. The Morgan fingerprint density at radius 3 is 2.93 bits per heavy atom. The van der Waals surface area contributed by atoms with Crippen molar-refractivity contribution in [2.45, 2.75) is 13.3 Å². The summed E-state index contributed by atoms with van der Waals surface area (Å²) in [5.41, 5.74) is 1.62. The minimum Gasteiger partial charge on any atom is -0.384 e. The number of hydrogen-bond donors (Lipinski definition) is 1. The van der Waals surface area contributed by atoms with Crippen LogP contribution >= 0.6 is 0 Å². The van der Waals surface area contributed by atoms with Crippen molar-refractivity contribution in [3.8, 4) is 6.07 Å². The molecule has 1 N–H and O–H groups in total.